The molecule has 1 amide bonds. The number of rotatable bonds is 9. The van der Waals surface area contributed by atoms with Crippen LogP contribution >= 0.6 is 0 Å². The van der Waals surface area contributed by atoms with E-state index in [1.807, 2.05) is 32.0 Å². The van der Waals surface area contributed by atoms with E-state index in [1.54, 1.807) is 12.1 Å². The Bertz CT molecular complexity index is 693. The number of carbonyl (C=O) groups excluding carboxylic acids is 1. The lowest BCUT2D eigenvalue weighted by atomic mass is 10.1. The zero-order valence-corrected chi connectivity index (χ0v) is 15.4. The van der Waals surface area contributed by atoms with Crippen molar-refractivity contribution in [2.45, 2.75) is 46.6 Å². The van der Waals surface area contributed by atoms with E-state index in [0.717, 1.165) is 24.2 Å². The number of ether oxygens (including phenoxy) is 2. The second kappa shape index (κ2) is 9.16. The fourth-order valence-corrected chi connectivity index (χ4v) is 2.36. The number of aryl methyl sites for hydroxylation is 1. The maximum absolute atomic E-state index is 12.2. The van der Waals surface area contributed by atoms with Gasteiger partial charge in [0.25, 0.3) is 5.91 Å². The minimum Gasteiger partial charge on any atom is -0.490 e. The van der Waals surface area contributed by atoms with Crippen LogP contribution in [0.2, 0.25) is 0 Å². The molecule has 1 unspecified atom stereocenters. The van der Waals surface area contributed by atoms with Crippen molar-refractivity contribution in [3.63, 3.8) is 0 Å². The molecule has 0 saturated heterocycles. The minimum atomic E-state index is -0.233. The van der Waals surface area contributed by atoms with Gasteiger partial charge in [0, 0.05) is 0 Å². The van der Waals surface area contributed by atoms with Crippen molar-refractivity contribution in [1.29, 1.82) is 0 Å². The Balaban J connectivity index is 2.12. The number of benzene rings is 1. The van der Waals surface area contributed by atoms with Gasteiger partial charge in [-0.3, -0.25) is 4.79 Å². The lowest BCUT2D eigenvalue weighted by molar-refractivity contribution is 0.0910. The summed E-state index contributed by atoms with van der Waals surface area (Å²) in [4.78, 5) is 12.2. The first-order chi connectivity index (χ1) is 12.0. The van der Waals surface area contributed by atoms with Gasteiger partial charge in [0.1, 0.15) is 5.76 Å². The van der Waals surface area contributed by atoms with Crippen LogP contribution in [0.1, 0.15) is 61.5 Å². The third-order valence-electron chi connectivity index (χ3n) is 3.70. The first-order valence-electron chi connectivity index (χ1n) is 8.82. The summed E-state index contributed by atoms with van der Waals surface area (Å²) < 4.78 is 16.9. The van der Waals surface area contributed by atoms with Crippen LogP contribution in [0.25, 0.3) is 0 Å². The molecule has 1 atom stereocenters. The summed E-state index contributed by atoms with van der Waals surface area (Å²) in [5.41, 5.74) is 0.951. The third-order valence-corrected chi connectivity index (χ3v) is 3.70. The Morgan fingerprint density at radius 2 is 1.76 bits per heavy atom. The Morgan fingerprint density at radius 1 is 1.08 bits per heavy atom. The topological polar surface area (TPSA) is 60.7 Å². The minimum absolute atomic E-state index is 0.179. The molecule has 0 aliphatic heterocycles. The van der Waals surface area contributed by atoms with Gasteiger partial charge in [0.05, 0.1) is 19.3 Å². The molecule has 0 saturated carbocycles. The standard InChI is InChI=1S/C20H27NO4/c1-5-11-23-17-10-8-16(13-19(17)24-12-6-2)15(4)21-20(22)18-9-7-14(3)25-18/h7-10,13,15H,5-6,11-12H2,1-4H3,(H,21,22). The molecular formula is C20H27NO4. The van der Waals surface area contributed by atoms with Crippen molar-refractivity contribution in [2.75, 3.05) is 13.2 Å². The number of nitrogens with one attached hydrogen (secondary N) is 1. The summed E-state index contributed by atoms with van der Waals surface area (Å²) in [5.74, 6) is 2.24. The van der Waals surface area contributed by atoms with Gasteiger partial charge in [-0.25, -0.2) is 0 Å². The highest BCUT2D eigenvalue weighted by atomic mass is 16.5. The molecule has 136 valence electrons. The molecule has 1 aromatic heterocycles. The van der Waals surface area contributed by atoms with Gasteiger partial charge in [-0.1, -0.05) is 19.9 Å². The van der Waals surface area contributed by atoms with Gasteiger partial charge < -0.3 is 19.2 Å². The normalized spacial score (nSPS) is 11.8. The highest BCUT2D eigenvalue weighted by molar-refractivity contribution is 5.91. The summed E-state index contributed by atoms with van der Waals surface area (Å²) in [5, 5.41) is 2.94. The van der Waals surface area contributed by atoms with E-state index in [-0.39, 0.29) is 11.9 Å². The zero-order chi connectivity index (χ0) is 18.2. The number of amides is 1. The number of furan rings is 1. The van der Waals surface area contributed by atoms with Crippen LogP contribution < -0.4 is 14.8 Å². The Hall–Kier alpha value is -2.43. The van der Waals surface area contributed by atoms with Gasteiger partial charge in [0.15, 0.2) is 17.3 Å². The number of hydrogen-bond acceptors (Lipinski definition) is 4. The monoisotopic (exact) mass is 345 g/mol. The van der Waals surface area contributed by atoms with Crippen LogP contribution in [0.3, 0.4) is 0 Å². The summed E-state index contributed by atoms with van der Waals surface area (Å²) >= 11 is 0. The van der Waals surface area contributed by atoms with E-state index in [0.29, 0.717) is 30.5 Å². The van der Waals surface area contributed by atoms with Crippen molar-refractivity contribution in [3.05, 3.63) is 47.4 Å². The third kappa shape index (κ3) is 5.28. The van der Waals surface area contributed by atoms with Gasteiger partial charge in [-0.2, -0.15) is 0 Å². The molecule has 5 nitrogen and oxygen atoms in total. The number of carbonyl (C=O) groups is 1. The summed E-state index contributed by atoms with van der Waals surface area (Å²) in [6, 6.07) is 9.05. The average Bonchev–Trinajstić information content (AvgIpc) is 3.05. The Morgan fingerprint density at radius 3 is 2.36 bits per heavy atom. The van der Waals surface area contributed by atoms with E-state index in [4.69, 9.17) is 13.9 Å². The SMILES string of the molecule is CCCOc1ccc(C(C)NC(=O)c2ccc(C)o2)cc1OCCC. The summed E-state index contributed by atoms with van der Waals surface area (Å²) in [7, 11) is 0. The number of hydrogen-bond donors (Lipinski definition) is 1. The molecule has 1 N–H and O–H groups in total. The van der Waals surface area contributed by atoms with Gasteiger partial charge >= 0.3 is 0 Å². The van der Waals surface area contributed by atoms with Crippen LogP contribution in [0.4, 0.5) is 0 Å². The van der Waals surface area contributed by atoms with Crippen LogP contribution in [0.15, 0.2) is 34.7 Å². The maximum Gasteiger partial charge on any atom is 0.287 e. The lowest BCUT2D eigenvalue weighted by Gasteiger charge is -2.17. The average molecular weight is 345 g/mol. The fourth-order valence-electron chi connectivity index (χ4n) is 2.36. The molecule has 0 aliphatic carbocycles. The predicted octanol–water partition coefficient (Wildman–Crippen LogP) is 4.66. The van der Waals surface area contributed by atoms with Crippen molar-refractivity contribution in [2.24, 2.45) is 0 Å². The van der Waals surface area contributed by atoms with Crippen molar-refractivity contribution in [1.82, 2.24) is 5.32 Å². The molecule has 2 rings (SSSR count). The van der Waals surface area contributed by atoms with E-state index in [1.165, 1.54) is 0 Å². The quantitative estimate of drug-likeness (QED) is 0.718. The molecule has 1 heterocycles. The molecular weight excluding hydrogens is 318 g/mol. The van der Waals surface area contributed by atoms with Crippen LogP contribution in [-0.4, -0.2) is 19.1 Å². The van der Waals surface area contributed by atoms with Crippen molar-refractivity contribution >= 4 is 5.91 Å². The molecule has 0 aliphatic rings. The largest absolute Gasteiger partial charge is 0.490 e. The molecule has 2 aromatic rings. The Labute approximate surface area is 149 Å². The summed E-state index contributed by atoms with van der Waals surface area (Å²) in [6.07, 6.45) is 1.85. The lowest BCUT2D eigenvalue weighted by Crippen LogP contribution is -2.26. The van der Waals surface area contributed by atoms with E-state index in [9.17, 15) is 4.79 Å². The van der Waals surface area contributed by atoms with E-state index >= 15 is 0 Å². The maximum atomic E-state index is 12.2. The van der Waals surface area contributed by atoms with Gasteiger partial charge in [0.2, 0.25) is 0 Å². The smallest absolute Gasteiger partial charge is 0.287 e. The van der Waals surface area contributed by atoms with Gasteiger partial charge in [-0.15, -0.1) is 0 Å². The van der Waals surface area contributed by atoms with Crippen LogP contribution in [0, 0.1) is 6.92 Å². The van der Waals surface area contributed by atoms with Crippen molar-refractivity contribution < 1.29 is 18.7 Å². The van der Waals surface area contributed by atoms with Crippen LogP contribution in [0.5, 0.6) is 11.5 Å². The second-order valence-corrected chi connectivity index (χ2v) is 6.01. The molecule has 1 aromatic carbocycles. The first kappa shape index (κ1) is 18.9. The summed E-state index contributed by atoms with van der Waals surface area (Å²) in [6.45, 7) is 9.13. The second-order valence-electron chi connectivity index (χ2n) is 6.01. The molecule has 0 radical (unpaired) electrons. The molecule has 0 fully saturated rings. The van der Waals surface area contributed by atoms with E-state index in [2.05, 4.69) is 19.2 Å². The molecule has 0 bridgehead atoms. The fraction of sp³-hybridized carbons (Fsp3) is 0.450. The first-order valence-corrected chi connectivity index (χ1v) is 8.82. The van der Waals surface area contributed by atoms with E-state index < -0.39 is 0 Å². The predicted molar refractivity (Wildman–Crippen MR) is 97.3 cm³/mol. The van der Waals surface area contributed by atoms with Crippen molar-refractivity contribution in [3.8, 4) is 11.5 Å². The Kier molecular flexibility index (Phi) is 6.92. The molecule has 5 heteroatoms. The highest BCUT2D eigenvalue weighted by Crippen LogP contribution is 2.31. The van der Waals surface area contributed by atoms with Gasteiger partial charge in [-0.05, 0) is 56.5 Å². The zero-order valence-electron chi connectivity index (χ0n) is 15.4. The highest BCUT2D eigenvalue weighted by Gasteiger charge is 2.16. The van der Waals surface area contributed by atoms with Crippen LogP contribution in [-0.2, 0) is 0 Å². The molecule has 25 heavy (non-hydrogen) atoms. The molecule has 0 spiro atoms.